The number of pyridine rings is 1. The summed E-state index contributed by atoms with van der Waals surface area (Å²) in [7, 11) is 0. The lowest BCUT2D eigenvalue weighted by molar-refractivity contribution is -0.0913. The minimum absolute atomic E-state index is 0.340. The van der Waals surface area contributed by atoms with Crippen LogP contribution in [0.2, 0.25) is 0 Å². The van der Waals surface area contributed by atoms with Crippen LogP contribution in [0.3, 0.4) is 0 Å². The second-order valence-electron chi connectivity index (χ2n) is 9.80. The van der Waals surface area contributed by atoms with Gasteiger partial charge in [0.1, 0.15) is 23.8 Å². The predicted octanol–water partition coefficient (Wildman–Crippen LogP) is 5.30. The van der Waals surface area contributed by atoms with Crippen LogP contribution in [0.1, 0.15) is 22.9 Å². The lowest BCUT2D eigenvalue weighted by atomic mass is 10.1. The molecule has 3 aromatic carbocycles. The second kappa shape index (κ2) is 12.4. The summed E-state index contributed by atoms with van der Waals surface area (Å²) in [6, 6.07) is 32.2. The monoisotopic (exact) mass is 536 g/mol. The van der Waals surface area contributed by atoms with Gasteiger partial charge >= 0.3 is 0 Å². The van der Waals surface area contributed by atoms with Gasteiger partial charge in [-0.25, -0.2) is 9.97 Å². The molecule has 2 N–H and O–H groups in total. The maximum atomic E-state index is 6.68. The fourth-order valence-corrected chi connectivity index (χ4v) is 5.03. The number of ether oxygens (including phenoxy) is 4. The molecule has 0 radical (unpaired) electrons. The highest BCUT2D eigenvalue weighted by Crippen LogP contribution is 2.37. The van der Waals surface area contributed by atoms with Gasteiger partial charge in [0.2, 0.25) is 0 Å². The molecule has 8 nitrogen and oxygen atoms in total. The summed E-state index contributed by atoms with van der Waals surface area (Å²) >= 11 is 0. The Morgan fingerprint density at radius 3 is 1.90 bits per heavy atom. The number of benzene rings is 3. The van der Waals surface area contributed by atoms with Crippen LogP contribution in [0.5, 0.6) is 0 Å². The van der Waals surface area contributed by atoms with Gasteiger partial charge in [0, 0.05) is 6.20 Å². The van der Waals surface area contributed by atoms with Crippen LogP contribution in [-0.4, -0.2) is 39.5 Å². The maximum absolute atomic E-state index is 6.68. The van der Waals surface area contributed by atoms with Crippen LogP contribution in [-0.2, 0) is 38.8 Å². The summed E-state index contributed by atoms with van der Waals surface area (Å²) in [4.78, 5) is 8.72. The first kappa shape index (κ1) is 26.2. The topological polar surface area (TPSA) is 93.7 Å². The largest absolute Gasteiger partial charge is 0.382 e. The van der Waals surface area contributed by atoms with Crippen molar-refractivity contribution < 1.29 is 18.9 Å². The van der Waals surface area contributed by atoms with Gasteiger partial charge in [0.15, 0.2) is 12.0 Å². The molecule has 1 saturated heterocycles. The van der Waals surface area contributed by atoms with Crippen LogP contribution < -0.4 is 5.73 Å². The second-order valence-corrected chi connectivity index (χ2v) is 9.80. The highest BCUT2D eigenvalue weighted by molar-refractivity contribution is 5.84. The molecule has 6 rings (SSSR count). The van der Waals surface area contributed by atoms with Gasteiger partial charge in [-0.2, -0.15) is 0 Å². The van der Waals surface area contributed by atoms with Crippen LogP contribution in [0.25, 0.3) is 11.0 Å². The van der Waals surface area contributed by atoms with Gasteiger partial charge in [-0.05, 0) is 22.8 Å². The van der Waals surface area contributed by atoms with Crippen molar-refractivity contribution in [3.05, 3.63) is 126 Å². The van der Waals surface area contributed by atoms with E-state index in [1.54, 1.807) is 12.5 Å². The predicted molar refractivity (Wildman–Crippen MR) is 152 cm³/mol. The summed E-state index contributed by atoms with van der Waals surface area (Å²) in [5.41, 5.74) is 10.8. The molecule has 40 heavy (non-hydrogen) atoms. The summed E-state index contributed by atoms with van der Waals surface area (Å²) in [6.45, 7) is 1.64. The number of aromatic nitrogens is 3. The molecule has 4 atom stereocenters. The first-order valence-corrected chi connectivity index (χ1v) is 13.4. The Hall–Kier alpha value is -4.08. The quantitative estimate of drug-likeness (QED) is 0.245. The van der Waals surface area contributed by atoms with E-state index in [2.05, 4.69) is 9.97 Å². The van der Waals surface area contributed by atoms with E-state index in [9.17, 15) is 0 Å². The Labute approximate surface area is 233 Å². The van der Waals surface area contributed by atoms with Crippen molar-refractivity contribution in [1.29, 1.82) is 0 Å². The van der Waals surface area contributed by atoms with Crippen molar-refractivity contribution in [3.63, 3.8) is 0 Å². The first-order chi connectivity index (χ1) is 19.8. The van der Waals surface area contributed by atoms with Crippen LogP contribution in [0, 0.1) is 0 Å². The number of hydrogen-bond donors (Lipinski definition) is 1. The number of anilines is 1. The van der Waals surface area contributed by atoms with E-state index in [1.807, 2.05) is 102 Å². The lowest BCUT2D eigenvalue weighted by Crippen LogP contribution is -2.38. The highest BCUT2D eigenvalue weighted by Gasteiger charge is 2.48. The van der Waals surface area contributed by atoms with Gasteiger partial charge < -0.3 is 29.2 Å². The molecule has 5 aromatic rings. The summed E-state index contributed by atoms with van der Waals surface area (Å²) < 4.78 is 28.0. The average molecular weight is 537 g/mol. The molecule has 0 unspecified atom stereocenters. The van der Waals surface area contributed by atoms with E-state index in [-0.39, 0.29) is 6.10 Å². The third kappa shape index (κ3) is 5.90. The molecule has 0 amide bonds. The highest BCUT2D eigenvalue weighted by atomic mass is 16.6. The standard InChI is InChI=1S/C32H32N4O4/c33-31-28-26(16-17-34-31)36(22-35-28)32-30(39-20-25-14-8-3-9-15-25)29(38-19-24-12-6-2-7-13-24)27(40-32)21-37-18-23-10-4-1-5-11-23/h1-17,22,27,29-30,32H,18-21H2,(H2,33,34)/t27-,29-,30+,32-/m1/s1. The molecule has 1 aliphatic heterocycles. The molecule has 3 heterocycles. The molecular weight excluding hydrogens is 504 g/mol. The number of nitrogens with two attached hydrogens (primary N) is 1. The zero-order chi connectivity index (χ0) is 27.1. The SMILES string of the molecule is Nc1nccc2c1ncn2[C@@H]1O[C@H](COCc2ccccc2)[C@@H](OCc2ccccc2)[C@@H]1OCc1ccccc1. The number of rotatable bonds is 11. The molecule has 1 aliphatic rings. The number of fused-ring (bicyclic) bond motifs is 1. The third-order valence-corrected chi connectivity index (χ3v) is 7.04. The Morgan fingerprint density at radius 2 is 1.27 bits per heavy atom. The Kier molecular flexibility index (Phi) is 8.11. The van der Waals surface area contributed by atoms with Crippen molar-refractivity contribution >= 4 is 16.9 Å². The van der Waals surface area contributed by atoms with Gasteiger partial charge in [0.25, 0.3) is 0 Å². The third-order valence-electron chi connectivity index (χ3n) is 7.04. The molecule has 8 heteroatoms. The molecule has 0 saturated carbocycles. The molecule has 0 spiro atoms. The molecule has 0 bridgehead atoms. The zero-order valence-electron chi connectivity index (χ0n) is 22.1. The average Bonchev–Trinajstić information content (AvgIpc) is 3.58. The molecule has 2 aromatic heterocycles. The van der Waals surface area contributed by atoms with Crippen molar-refractivity contribution in [1.82, 2.24) is 14.5 Å². The number of imidazole rings is 1. The van der Waals surface area contributed by atoms with Gasteiger partial charge in [0.05, 0.1) is 38.3 Å². The number of nitrogen functional groups attached to an aromatic ring is 1. The van der Waals surface area contributed by atoms with Gasteiger partial charge in [-0.3, -0.25) is 0 Å². The summed E-state index contributed by atoms with van der Waals surface area (Å²) in [5, 5.41) is 0. The van der Waals surface area contributed by atoms with Crippen molar-refractivity contribution in [3.8, 4) is 0 Å². The van der Waals surface area contributed by atoms with Gasteiger partial charge in [-0.1, -0.05) is 91.0 Å². The first-order valence-electron chi connectivity index (χ1n) is 13.4. The smallest absolute Gasteiger partial charge is 0.164 e. The molecule has 1 fully saturated rings. The van der Waals surface area contributed by atoms with Crippen LogP contribution >= 0.6 is 0 Å². The number of nitrogens with zero attached hydrogens (tertiary/aromatic N) is 3. The minimum atomic E-state index is -0.512. The van der Waals surface area contributed by atoms with E-state index in [1.165, 1.54) is 0 Å². The van der Waals surface area contributed by atoms with E-state index >= 15 is 0 Å². The molecule has 0 aliphatic carbocycles. The van der Waals surface area contributed by atoms with E-state index in [0.29, 0.717) is 37.8 Å². The Bertz CT molecular complexity index is 1500. The summed E-state index contributed by atoms with van der Waals surface area (Å²) in [5.74, 6) is 0.371. The normalized spacial score (nSPS) is 20.7. The van der Waals surface area contributed by atoms with Crippen LogP contribution in [0.15, 0.2) is 110 Å². The Morgan fingerprint density at radius 1 is 0.700 bits per heavy atom. The van der Waals surface area contributed by atoms with E-state index < -0.39 is 18.4 Å². The van der Waals surface area contributed by atoms with Crippen LogP contribution in [0.4, 0.5) is 5.82 Å². The molecular formula is C32H32N4O4. The maximum Gasteiger partial charge on any atom is 0.164 e. The fraction of sp³-hybridized carbons (Fsp3) is 0.250. The van der Waals surface area contributed by atoms with E-state index in [4.69, 9.17) is 24.7 Å². The van der Waals surface area contributed by atoms with Gasteiger partial charge in [-0.15, -0.1) is 0 Å². The number of hydrogen-bond acceptors (Lipinski definition) is 7. The fourth-order valence-electron chi connectivity index (χ4n) is 5.03. The van der Waals surface area contributed by atoms with E-state index in [0.717, 1.165) is 22.2 Å². The summed E-state index contributed by atoms with van der Waals surface area (Å²) in [6.07, 6.45) is 1.67. The zero-order valence-corrected chi connectivity index (χ0v) is 22.1. The lowest BCUT2D eigenvalue weighted by Gasteiger charge is -2.25. The molecule has 204 valence electrons. The Balaban J connectivity index is 1.29. The minimum Gasteiger partial charge on any atom is -0.382 e. The van der Waals surface area contributed by atoms with Crippen molar-refractivity contribution in [2.45, 2.75) is 44.4 Å². The van der Waals surface area contributed by atoms with Crippen molar-refractivity contribution in [2.75, 3.05) is 12.3 Å². The van der Waals surface area contributed by atoms with Crippen molar-refractivity contribution in [2.24, 2.45) is 0 Å².